The van der Waals surface area contributed by atoms with Crippen LogP contribution in [0.5, 0.6) is 0 Å². The Balaban J connectivity index is 1.96. The molecule has 1 aliphatic heterocycles. The number of anilines is 2. The van der Waals surface area contributed by atoms with Gasteiger partial charge in [-0.05, 0) is 36.2 Å². The first-order valence-corrected chi connectivity index (χ1v) is 10.5. The van der Waals surface area contributed by atoms with E-state index in [1.165, 1.54) is 18.2 Å². The van der Waals surface area contributed by atoms with Crippen LogP contribution in [0.3, 0.4) is 0 Å². The zero-order chi connectivity index (χ0) is 19.8. The normalized spacial score (nSPS) is 18.6. The third-order valence-electron chi connectivity index (χ3n) is 4.43. The molecule has 2 amide bonds. The second-order valence-electron chi connectivity index (χ2n) is 6.41. The van der Waals surface area contributed by atoms with E-state index >= 15 is 0 Å². The summed E-state index contributed by atoms with van der Waals surface area (Å²) < 4.78 is 25.4. The van der Waals surface area contributed by atoms with Crippen molar-refractivity contribution in [3.63, 3.8) is 0 Å². The quantitative estimate of drug-likeness (QED) is 0.842. The zero-order valence-electron chi connectivity index (χ0n) is 14.9. The van der Waals surface area contributed by atoms with Gasteiger partial charge in [0, 0.05) is 11.3 Å². The molecule has 6 nitrogen and oxygen atoms in total. The van der Waals surface area contributed by atoms with Gasteiger partial charge in [-0.3, -0.25) is 9.59 Å². The van der Waals surface area contributed by atoms with Crippen LogP contribution in [0.4, 0.5) is 11.4 Å². The Bertz CT molecular complexity index is 1020. The van der Waals surface area contributed by atoms with E-state index in [0.717, 1.165) is 12.0 Å². The largest absolute Gasteiger partial charge is 0.322 e. The lowest BCUT2D eigenvalue weighted by Gasteiger charge is -2.18. The molecule has 1 saturated heterocycles. The maximum atomic E-state index is 12.7. The third kappa shape index (κ3) is 3.70. The molecule has 0 aromatic heterocycles. The van der Waals surface area contributed by atoms with E-state index in [0.29, 0.717) is 9.99 Å². The predicted octanol–water partition coefficient (Wildman–Crippen LogP) is 3.47. The van der Waals surface area contributed by atoms with Crippen LogP contribution >= 0.6 is 11.6 Å². The Morgan fingerprint density at radius 1 is 1.26 bits per heavy atom. The van der Waals surface area contributed by atoms with Crippen molar-refractivity contribution < 1.29 is 18.0 Å². The van der Waals surface area contributed by atoms with Crippen LogP contribution in [0.25, 0.3) is 0 Å². The Kier molecular flexibility index (Phi) is 5.26. The maximum Gasteiger partial charge on any atom is 0.255 e. The summed E-state index contributed by atoms with van der Waals surface area (Å²) in [5, 5.41) is 2.91. The average Bonchev–Trinajstić information content (AvgIpc) is 2.83. The summed E-state index contributed by atoms with van der Waals surface area (Å²) in [5.41, 5.74) is 1.87. The average molecular weight is 407 g/mol. The van der Waals surface area contributed by atoms with Crippen molar-refractivity contribution in [2.24, 2.45) is 5.92 Å². The summed E-state index contributed by atoms with van der Waals surface area (Å²) >= 11 is 6.14. The summed E-state index contributed by atoms with van der Waals surface area (Å²) in [6.07, 6.45) is 0.751. The number of amides is 2. The number of halogens is 1. The number of hydrogen-bond acceptors (Lipinski definition) is 4. The number of sulfonamides is 1. The molecule has 0 bridgehead atoms. The summed E-state index contributed by atoms with van der Waals surface area (Å²) in [7, 11) is -3.81. The van der Waals surface area contributed by atoms with E-state index in [1.807, 2.05) is 25.1 Å². The van der Waals surface area contributed by atoms with Crippen molar-refractivity contribution in [3.8, 4) is 0 Å². The number of aryl methyl sites for hydroxylation is 1. The molecule has 0 radical (unpaired) electrons. The summed E-state index contributed by atoms with van der Waals surface area (Å²) in [6.45, 7) is 3.53. The standard InChI is InChI=1S/C19H19ClN2O4S/c1-3-13-6-4-5-7-16(13)21-18(23)14-8-9-15(20)17(10-14)22-19(24)12(2)11-27(22,25)26/h4-10,12H,3,11H2,1-2H3,(H,21,23). The van der Waals surface area contributed by atoms with E-state index in [1.54, 1.807) is 13.0 Å². The minimum atomic E-state index is -3.81. The van der Waals surface area contributed by atoms with Gasteiger partial charge in [0.25, 0.3) is 5.91 Å². The third-order valence-corrected chi connectivity index (χ3v) is 6.61. The van der Waals surface area contributed by atoms with Crippen LogP contribution in [-0.4, -0.2) is 26.0 Å². The minimum absolute atomic E-state index is 0.00226. The SMILES string of the molecule is CCc1ccccc1NC(=O)c1ccc(Cl)c(N2C(=O)C(C)CS2(=O)=O)c1. The molecule has 2 aromatic rings. The lowest BCUT2D eigenvalue weighted by Crippen LogP contribution is -2.30. The number of carbonyl (C=O) groups is 2. The molecular weight excluding hydrogens is 388 g/mol. The van der Waals surface area contributed by atoms with E-state index in [4.69, 9.17) is 11.6 Å². The predicted molar refractivity (Wildman–Crippen MR) is 106 cm³/mol. The van der Waals surface area contributed by atoms with Gasteiger partial charge in [0.2, 0.25) is 15.9 Å². The molecule has 27 heavy (non-hydrogen) atoms. The van der Waals surface area contributed by atoms with Crippen molar-refractivity contribution in [2.45, 2.75) is 20.3 Å². The molecule has 142 valence electrons. The summed E-state index contributed by atoms with van der Waals surface area (Å²) in [5.74, 6) is -1.89. The van der Waals surface area contributed by atoms with Crippen molar-refractivity contribution >= 4 is 44.8 Å². The summed E-state index contributed by atoms with van der Waals surface area (Å²) in [6, 6.07) is 11.7. The highest BCUT2D eigenvalue weighted by molar-refractivity contribution is 7.94. The fourth-order valence-corrected chi connectivity index (χ4v) is 5.10. The molecule has 1 unspecified atom stereocenters. The number of nitrogens with zero attached hydrogens (tertiary/aromatic N) is 1. The fourth-order valence-electron chi connectivity index (χ4n) is 3.02. The number of rotatable bonds is 4. The highest BCUT2D eigenvalue weighted by Gasteiger charge is 2.43. The van der Waals surface area contributed by atoms with E-state index in [9.17, 15) is 18.0 Å². The molecule has 3 rings (SSSR count). The second kappa shape index (κ2) is 7.32. The van der Waals surface area contributed by atoms with Crippen LogP contribution in [0, 0.1) is 5.92 Å². The first-order chi connectivity index (χ1) is 12.7. The van der Waals surface area contributed by atoms with Crippen molar-refractivity contribution in [3.05, 3.63) is 58.6 Å². The van der Waals surface area contributed by atoms with Crippen LogP contribution < -0.4 is 9.62 Å². The smallest absolute Gasteiger partial charge is 0.255 e. The Morgan fingerprint density at radius 2 is 1.96 bits per heavy atom. The first kappa shape index (κ1) is 19.4. The first-order valence-electron chi connectivity index (χ1n) is 8.50. The van der Waals surface area contributed by atoms with Gasteiger partial charge >= 0.3 is 0 Å². The van der Waals surface area contributed by atoms with Crippen LogP contribution in [0.15, 0.2) is 42.5 Å². The molecule has 0 saturated carbocycles. The second-order valence-corrected chi connectivity index (χ2v) is 8.68. The van der Waals surface area contributed by atoms with Crippen LogP contribution in [0.1, 0.15) is 29.8 Å². The van der Waals surface area contributed by atoms with Gasteiger partial charge in [0.05, 0.1) is 22.4 Å². The lowest BCUT2D eigenvalue weighted by atomic mass is 10.1. The molecule has 1 aliphatic rings. The van der Waals surface area contributed by atoms with Gasteiger partial charge in [-0.1, -0.05) is 43.6 Å². The molecule has 1 N–H and O–H groups in total. The lowest BCUT2D eigenvalue weighted by molar-refractivity contribution is -0.119. The number of para-hydroxylation sites is 1. The Hall–Kier alpha value is -2.38. The van der Waals surface area contributed by atoms with Gasteiger partial charge in [-0.25, -0.2) is 12.7 Å². The van der Waals surface area contributed by atoms with E-state index in [2.05, 4.69) is 5.32 Å². The molecule has 1 heterocycles. The Labute approximate surface area is 163 Å². The van der Waals surface area contributed by atoms with Gasteiger partial charge in [0.15, 0.2) is 0 Å². The van der Waals surface area contributed by atoms with Gasteiger partial charge in [-0.2, -0.15) is 0 Å². The van der Waals surface area contributed by atoms with Crippen LogP contribution in [0.2, 0.25) is 5.02 Å². The molecule has 1 fully saturated rings. The molecule has 1 atom stereocenters. The monoisotopic (exact) mass is 406 g/mol. The topological polar surface area (TPSA) is 83.6 Å². The van der Waals surface area contributed by atoms with Crippen molar-refractivity contribution in [2.75, 3.05) is 15.4 Å². The minimum Gasteiger partial charge on any atom is -0.322 e. The molecular formula is C19H19ClN2O4S. The van der Waals surface area contributed by atoms with Gasteiger partial charge in [0.1, 0.15) is 0 Å². The summed E-state index contributed by atoms with van der Waals surface area (Å²) in [4.78, 5) is 25.0. The molecule has 2 aromatic carbocycles. The van der Waals surface area contributed by atoms with Gasteiger partial charge in [-0.15, -0.1) is 0 Å². The molecule has 0 aliphatic carbocycles. The fraction of sp³-hybridized carbons (Fsp3) is 0.263. The number of nitrogens with one attached hydrogen (secondary N) is 1. The van der Waals surface area contributed by atoms with Crippen molar-refractivity contribution in [1.82, 2.24) is 0 Å². The maximum absolute atomic E-state index is 12.7. The number of benzene rings is 2. The van der Waals surface area contributed by atoms with Gasteiger partial charge < -0.3 is 5.32 Å². The number of hydrogen-bond donors (Lipinski definition) is 1. The highest BCUT2D eigenvalue weighted by atomic mass is 35.5. The molecule has 0 spiro atoms. The van der Waals surface area contributed by atoms with Crippen molar-refractivity contribution in [1.29, 1.82) is 0 Å². The number of carbonyl (C=O) groups excluding carboxylic acids is 2. The highest BCUT2D eigenvalue weighted by Crippen LogP contribution is 2.34. The zero-order valence-corrected chi connectivity index (χ0v) is 16.5. The van der Waals surface area contributed by atoms with E-state index in [-0.39, 0.29) is 22.0 Å². The van der Waals surface area contributed by atoms with Crippen LogP contribution in [-0.2, 0) is 21.2 Å². The Morgan fingerprint density at radius 3 is 2.59 bits per heavy atom. The van der Waals surface area contributed by atoms with E-state index < -0.39 is 27.8 Å². The molecule has 8 heteroatoms.